The van der Waals surface area contributed by atoms with Crippen molar-refractivity contribution in [2.24, 2.45) is 0 Å². The SMILES string of the molecule is [2H][Si](C)([B][3H])OCC1OC(C)CC1OP(=S)(OCC1OC(C)CC1O[Si]([2H])(C)[B][3H])O[C@@H]1[C@H]2OC3(CCCC3)O[C@H]2O[C@@H]1CNC(C)C.[2H][Si](C)([B][3H])OCC1OC(C)CC1OP1O[C@@H]2[C@H]3OC4(CCCC4)O[C@H]3O[C@@H]2CN1C(C)C. The first-order chi connectivity index (χ1) is 38.2. The topological polar surface area (TPSA) is 172 Å². The molecule has 28 heteroatoms. The first kappa shape index (κ1) is 52.9. The van der Waals surface area contributed by atoms with Crippen LogP contribution in [-0.2, 0) is 90.3 Å². The predicted molar refractivity (Wildman–Crippen MR) is 297 cm³/mol. The molecule has 22 atom stereocenters. The van der Waals surface area contributed by atoms with Gasteiger partial charge in [0, 0.05) is 73.8 Å². The highest BCUT2D eigenvalue weighted by Gasteiger charge is 2.63. The molecule has 19 nitrogen and oxygen atoms in total. The van der Waals surface area contributed by atoms with Crippen molar-refractivity contribution in [3.8, 4) is 0 Å². The zero-order valence-electron chi connectivity index (χ0n) is 51.7. The summed E-state index contributed by atoms with van der Waals surface area (Å²) in [6.45, 7) is 17.1. The fraction of sp³-hybridized carbons (Fsp3) is 1.00. The Morgan fingerprint density at radius 3 is 1.84 bits per heavy atom. The fourth-order valence-electron chi connectivity index (χ4n) is 11.8. The maximum absolute atomic E-state index is 8.43. The average Bonchev–Trinajstić information content (AvgIpc) is 4.48. The van der Waals surface area contributed by atoms with E-state index in [-0.39, 0.29) is 87.0 Å². The van der Waals surface area contributed by atoms with Crippen molar-refractivity contribution in [3.05, 3.63) is 0 Å². The van der Waals surface area contributed by atoms with E-state index in [2.05, 4.69) is 37.7 Å². The summed E-state index contributed by atoms with van der Waals surface area (Å²) in [7, 11) is -7.08. The van der Waals surface area contributed by atoms with Gasteiger partial charge in [-0.15, -0.1) is 0 Å². The van der Waals surface area contributed by atoms with Crippen LogP contribution in [0.3, 0.4) is 0 Å². The normalized spacial score (nSPS) is 45.1. The molecule has 425 valence electrons. The standard InChI is InChI=1S/C27H52B2NO10PSSi2.C20H36BNO7PSi/c1-16(2)30-13-21-24(25-26(35-21)37-27(36-25)9-7-8-10-27)39-41(42,31-14-22-20(40-44(6)29)12-18(4)33-22)38-19-11-17(3)34-23(19)15-32-43(5)28;1-12(2)22-10-15-17(18-19(25-15)27-20(26-18)7-5-6-8-20)29-30(22)28-14-9-13(3)24-16(14)11-23-31(4)21/h16-26,28-30,43-44H,7-15H2,1-6H3;12-19,21,31H,5-11H2,1-4H3/t17?,18?,19?,20?,21-,22?,23?,24+,25-,26-,41?,43?,44?;13?,14?,15-,16?,17+,18-,19-,30?,31?/m11/s1/i28T,29T,43D,44D;21T,31D. The number of rotatable bonds is 24. The second-order valence-electron chi connectivity index (χ2n) is 22.7. The number of hydrogen-bond acceptors (Lipinski definition) is 20. The molecular weight excluding hydrogens is 1080 g/mol. The van der Waals surface area contributed by atoms with Gasteiger partial charge in [0.15, 0.2) is 24.2 Å². The van der Waals surface area contributed by atoms with E-state index in [0.29, 0.717) is 25.9 Å². The molecule has 0 bridgehead atoms. The molecule has 8 saturated heterocycles. The van der Waals surface area contributed by atoms with E-state index < -0.39 is 102 Å². The number of nitrogens with zero attached hydrogens (tertiary/aromatic N) is 1. The Morgan fingerprint density at radius 2 is 1.25 bits per heavy atom. The smallest absolute Gasteiger partial charge is 0.328 e. The lowest BCUT2D eigenvalue weighted by atomic mass is 10.1. The van der Waals surface area contributed by atoms with Gasteiger partial charge in [0.05, 0.1) is 56.4 Å². The largest absolute Gasteiger partial charge is 0.427 e. The van der Waals surface area contributed by atoms with Gasteiger partial charge in [0.1, 0.15) is 104 Å². The van der Waals surface area contributed by atoms with Gasteiger partial charge in [0.2, 0.25) is 0 Å². The first-order valence-electron chi connectivity index (χ1n) is 30.8. The zero-order valence-corrected chi connectivity index (χ0v) is 51.3. The maximum atomic E-state index is 8.43. The highest BCUT2D eigenvalue weighted by molar-refractivity contribution is 8.07. The molecule has 10 fully saturated rings. The van der Waals surface area contributed by atoms with Crippen molar-refractivity contribution in [3.63, 3.8) is 0 Å². The molecule has 3 radical (unpaired) electrons. The van der Waals surface area contributed by atoms with Crippen LogP contribution in [0.25, 0.3) is 0 Å². The summed E-state index contributed by atoms with van der Waals surface area (Å²) in [5.74, 6) is -1.20. The highest BCUT2D eigenvalue weighted by Crippen LogP contribution is 2.59. The summed E-state index contributed by atoms with van der Waals surface area (Å²) in [5, 5.41) is 3.43. The Morgan fingerprint density at radius 1 is 0.707 bits per heavy atom. The van der Waals surface area contributed by atoms with E-state index >= 15 is 0 Å². The Balaban J connectivity index is 0.000000209. The minimum Gasteiger partial charge on any atom is -0.427 e. The Labute approximate surface area is 469 Å². The molecule has 8 heterocycles. The van der Waals surface area contributed by atoms with Gasteiger partial charge in [0.25, 0.3) is 8.53 Å². The Kier molecular flexibility index (Phi) is 18.6. The molecule has 10 rings (SSSR count). The van der Waals surface area contributed by atoms with Gasteiger partial charge in [-0.3, -0.25) is 4.52 Å². The lowest BCUT2D eigenvalue weighted by Crippen LogP contribution is -2.49. The van der Waals surface area contributed by atoms with Crippen molar-refractivity contribution in [2.45, 2.75) is 267 Å². The van der Waals surface area contributed by atoms with Crippen LogP contribution >= 0.6 is 15.2 Å². The van der Waals surface area contributed by atoms with E-state index in [9.17, 15) is 0 Å². The van der Waals surface area contributed by atoms with Gasteiger partial charge >= 0.3 is 6.72 Å². The van der Waals surface area contributed by atoms with Gasteiger partial charge in [-0.1, -0.05) is 33.5 Å². The van der Waals surface area contributed by atoms with E-state index in [1.165, 1.54) is 0 Å². The average molecular weight is 1170 g/mol. The molecule has 14 unspecified atom stereocenters. The first-order valence-corrected chi connectivity index (χ1v) is 37.2. The third kappa shape index (κ3) is 15.3. The lowest BCUT2D eigenvalue weighted by molar-refractivity contribution is -0.231. The number of ether oxygens (including phenoxy) is 9. The maximum Gasteiger partial charge on any atom is 0.328 e. The van der Waals surface area contributed by atoms with E-state index in [4.69, 9.17) is 98.0 Å². The third-order valence-corrected chi connectivity index (χ3v) is 21.5. The van der Waals surface area contributed by atoms with Crippen molar-refractivity contribution >= 4 is 75.8 Å². The second kappa shape index (κ2) is 26.4. The van der Waals surface area contributed by atoms with Crippen LogP contribution in [-0.4, -0.2) is 222 Å². The van der Waals surface area contributed by atoms with Crippen molar-refractivity contribution in [1.82, 2.24) is 9.99 Å². The molecule has 0 aromatic heterocycles. The molecule has 2 aliphatic carbocycles. The molecule has 8 aliphatic heterocycles. The summed E-state index contributed by atoms with van der Waals surface area (Å²) in [5.41, 5.74) is 0. The summed E-state index contributed by atoms with van der Waals surface area (Å²) >= 11 is 6.21. The van der Waals surface area contributed by atoms with Crippen LogP contribution in [0.1, 0.15) is 119 Å². The summed E-state index contributed by atoms with van der Waals surface area (Å²) in [6.07, 6.45) is 3.37. The van der Waals surface area contributed by atoms with Crippen LogP contribution in [0.2, 0.25) is 19.6 Å². The monoisotopic (exact) mass is 1170 g/mol. The van der Waals surface area contributed by atoms with Gasteiger partial charge in [-0.2, -0.15) is 0 Å². The Hall–Kier alpha value is 1.17. The van der Waals surface area contributed by atoms with Crippen LogP contribution in [0.4, 0.5) is 0 Å². The summed E-state index contributed by atoms with van der Waals surface area (Å²) in [6, 6.07) is 0.421. The van der Waals surface area contributed by atoms with E-state index in [1.54, 1.807) is 19.6 Å². The quantitative estimate of drug-likeness (QED) is 0.109. The van der Waals surface area contributed by atoms with Crippen LogP contribution in [0.15, 0.2) is 0 Å². The number of fused-ring (bicyclic) bond motifs is 4. The van der Waals surface area contributed by atoms with Gasteiger partial charge in [-0.25, -0.2) is 4.67 Å². The molecule has 2 spiro atoms. The molecule has 75 heavy (non-hydrogen) atoms. The van der Waals surface area contributed by atoms with Gasteiger partial charge in [-0.05, 0) is 76.1 Å². The molecule has 10 aliphatic rings. The van der Waals surface area contributed by atoms with E-state index in [0.717, 1.165) is 80.0 Å². The molecule has 0 aromatic carbocycles. The third-order valence-electron chi connectivity index (χ3n) is 15.3. The highest BCUT2D eigenvalue weighted by atomic mass is 32.5. The van der Waals surface area contributed by atoms with Crippen LogP contribution in [0.5, 0.6) is 0 Å². The van der Waals surface area contributed by atoms with Crippen molar-refractivity contribution in [2.75, 3.05) is 32.9 Å². The minimum absolute atomic E-state index is 0.0115. The molecule has 1 N–H and O–H groups in total. The lowest BCUT2D eigenvalue weighted by Gasteiger charge is -2.43. The van der Waals surface area contributed by atoms with Crippen LogP contribution in [0, 0.1) is 0 Å². The predicted octanol–water partition coefficient (Wildman–Crippen LogP) is 3.73. The molecule has 0 amide bonds. The van der Waals surface area contributed by atoms with Crippen molar-refractivity contribution < 1.29 is 78.5 Å². The molecule has 2 saturated carbocycles. The number of nitrogens with one attached hydrogen (secondary N) is 1. The fourth-order valence-corrected chi connectivity index (χ4v) is 17.7. The second-order valence-corrected chi connectivity index (χ2v) is 31.5. The van der Waals surface area contributed by atoms with E-state index in [1.807, 2.05) is 20.8 Å². The minimum atomic E-state index is -3.63. The van der Waals surface area contributed by atoms with Gasteiger partial charge < -0.3 is 79.3 Å². The summed E-state index contributed by atoms with van der Waals surface area (Å²) in [4.78, 5) is 0. The molecule has 0 aromatic rings. The Bertz CT molecular complexity index is 2110. The van der Waals surface area contributed by atoms with Crippen molar-refractivity contribution in [1.29, 1.82) is 7.71 Å². The number of hydrogen-bond donors (Lipinski definition) is 1. The van der Waals surface area contributed by atoms with Crippen LogP contribution < -0.4 is 5.32 Å². The molecular formula is C47H88B3N2O17P2SSi3. The zero-order chi connectivity index (χ0) is 58.3. The summed E-state index contributed by atoms with van der Waals surface area (Å²) < 4.78 is 157.